The molecule has 7 heteroatoms. The molecule has 0 fully saturated rings. The summed E-state index contributed by atoms with van der Waals surface area (Å²) in [7, 11) is 0. The lowest BCUT2D eigenvalue weighted by Crippen LogP contribution is -2.32. The smallest absolute Gasteiger partial charge is 0.338 e. The van der Waals surface area contributed by atoms with Crippen LogP contribution in [0, 0.1) is 0 Å². The summed E-state index contributed by atoms with van der Waals surface area (Å²) in [5.74, 6) is -0.811. The molecule has 2 aromatic rings. The van der Waals surface area contributed by atoms with E-state index in [1.165, 1.54) is 11.8 Å². The number of esters is 1. The van der Waals surface area contributed by atoms with E-state index in [4.69, 9.17) is 4.74 Å². The third-order valence-corrected chi connectivity index (χ3v) is 5.49. The predicted molar refractivity (Wildman–Crippen MR) is 110 cm³/mol. The van der Waals surface area contributed by atoms with Crippen LogP contribution in [0.15, 0.2) is 53.4 Å². The summed E-state index contributed by atoms with van der Waals surface area (Å²) in [6.07, 6.45) is 1.85. The van der Waals surface area contributed by atoms with Crippen molar-refractivity contribution in [2.75, 3.05) is 17.2 Å². The van der Waals surface area contributed by atoms with Gasteiger partial charge in [-0.05, 0) is 42.8 Å². The minimum atomic E-state index is -0.484. The summed E-state index contributed by atoms with van der Waals surface area (Å²) >= 11 is 1.39. The van der Waals surface area contributed by atoms with Crippen molar-refractivity contribution in [3.8, 4) is 0 Å². The Morgan fingerprint density at radius 3 is 2.64 bits per heavy atom. The number of para-hydroxylation sites is 1. The minimum Gasteiger partial charge on any atom is -0.462 e. The van der Waals surface area contributed by atoms with Crippen LogP contribution < -0.4 is 10.6 Å². The Labute approximate surface area is 168 Å². The largest absolute Gasteiger partial charge is 0.462 e. The van der Waals surface area contributed by atoms with Crippen LogP contribution in [0.3, 0.4) is 0 Å². The van der Waals surface area contributed by atoms with Gasteiger partial charge in [0.05, 0.1) is 23.1 Å². The van der Waals surface area contributed by atoms with E-state index < -0.39 is 5.25 Å². The van der Waals surface area contributed by atoms with Crippen molar-refractivity contribution in [2.45, 2.75) is 36.3 Å². The molecule has 1 aliphatic heterocycles. The van der Waals surface area contributed by atoms with Crippen molar-refractivity contribution in [2.24, 2.45) is 0 Å². The van der Waals surface area contributed by atoms with Crippen LogP contribution in [-0.2, 0) is 14.3 Å². The first-order valence-corrected chi connectivity index (χ1v) is 10.1. The van der Waals surface area contributed by atoms with Crippen molar-refractivity contribution in [3.63, 3.8) is 0 Å². The number of benzene rings is 2. The molecule has 0 bridgehead atoms. The number of amides is 2. The second-order valence-electron chi connectivity index (χ2n) is 6.41. The lowest BCUT2D eigenvalue weighted by Gasteiger charge is -2.23. The molecule has 1 atom stereocenters. The second-order valence-corrected chi connectivity index (χ2v) is 7.66. The number of anilines is 2. The molecule has 0 saturated carbocycles. The van der Waals surface area contributed by atoms with Crippen LogP contribution in [0.5, 0.6) is 0 Å². The summed E-state index contributed by atoms with van der Waals surface area (Å²) < 4.78 is 5.16. The summed E-state index contributed by atoms with van der Waals surface area (Å²) in [6.45, 7) is 2.43. The summed E-state index contributed by atoms with van der Waals surface area (Å²) in [4.78, 5) is 37.4. The topological polar surface area (TPSA) is 84.5 Å². The predicted octanol–water partition coefficient (Wildman–Crippen LogP) is 4.09. The number of thioether (sulfide) groups is 1. The van der Waals surface area contributed by atoms with E-state index in [0.717, 1.165) is 23.4 Å². The molecule has 2 aromatic carbocycles. The third kappa shape index (κ3) is 5.13. The van der Waals surface area contributed by atoms with E-state index in [2.05, 4.69) is 10.6 Å². The molecule has 1 heterocycles. The van der Waals surface area contributed by atoms with E-state index >= 15 is 0 Å². The fraction of sp³-hybridized carbons (Fsp3) is 0.286. The normalized spacial score (nSPS) is 15.3. The molecule has 0 aromatic heterocycles. The molecular weight excluding hydrogens is 376 g/mol. The molecule has 6 nitrogen and oxygen atoms in total. The zero-order valence-electron chi connectivity index (χ0n) is 15.6. The number of carbonyl (C=O) groups is 3. The van der Waals surface area contributed by atoms with Gasteiger partial charge in [0.2, 0.25) is 11.8 Å². The molecule has 2 amide bonds. The number of ether oxygens (including phenoxy) is 1. The molecule has 3 rings (SSSR count). The van der Waals surface area contributed by atoms with Crippen molar-refractivity contribution in [3.05, 3.63) is 54.1 Å². The molecular formula is C21H22N2O4S. The van der Waals surface area contributed by atoms with E-state index in [1.54, 1.807) is 24.3 Å². The van der Waals surface area contributed by atoms with Gasteiger partial charge in [0.1, 0.15) is 0 Å². The molecule has 28 heavy (non-hydrogen) atoms. The fourth-order valence-electron chi connectivity index (χ4n) is 2.69. The highest BCUT2D eigenvalue weighted by Crippen LogP contribution is 2.36. The fourth-order valence-corrected chi connectivity index (χ4v) is 3.80. The van der Waals surface area contributed by atoms with Crippen LogP contribution in [0.4, 0.5) is 11.4 Å². The first-order valence-electron chi connectivity index (χ1n) is 9.20. The molecule has 0 saturated heterocycles. The van der Waals surface area contributed by atoms with E-state index in [-0.39, 0.29) is 24.2 Å². The highest BCUT2D eigenvalue weighted by atomic mass is 32.2. The van der Waals surface area contributed by atoms with Crippen LogP contribution in [0.2, 0.25) is 0 Å². The van der Waals surface area contributed by atoms with Crippen LogP contribution in [0.25, 0.3) is 0 Å². The van der Waals surface area contributed by atoms with Crippen molar-refractivity contribution >= 4 is 40.9 Å². The highest BCUT2D eigenvalue weighted by molar-refractivity contribution is 8.01. The van der Waals surface area contributed by atoms with Crippen LogP contribution in [-0.4, -0.2) is 29.6 Å². The number of unbranched alkanes of at least 4 members (excludes halogenated alkanes) is 1. The lowest BCUT2D eigenvalue weighted by atomic mass is 10.2. The van der Waals surface area contributed by atoms with Gasteiger partial charge in [-0.15, -0.1) is 11.8 Å². The average Bonchev–Trinajstić information content (AvgIpc) is 2.69. The first kappa shape index (κ1) is 19.9. The van der Waals surface area contributed by atoms with Gasteiger partial charge in [-0.1, -0.05) is 25.5 Å². The van der Waals surface area contributed by atoms with Gasteiger partial charge in [-0.2, -0.15) is 0 Å². The molecule has 0 spiro atoms. The molecule has 2 N–H and O–H groups in total. The zero-order chi connectivity index (χ0) is 19.9. The van der Waals surface area contributed by atoms with Crippen LogP contribution in [0.1, 0.15) is 36.5 Å². The Hall–Kier alpha value is -2.80. The Balaban J connectivity index is 1.54. The number of nitrogens with one attached hydrogen (secondary N) is 2. The van der Waals surface area contributed by atoms with Crippen molar-refractivity contribution in [1.82, 2.24) is 0 Å². The molecule has 146 valence electrons. The Morgan fingerprint density at radius 2 is 1.89 bits per heavy atom. The van der Waals surface area contributed by atoms with Crippen molar-refractivity contribution < 1.29 is 19.1 Å². The molecule has 1 unspecified atom stereocenters. The maximum atomic E-state index is 12.3. The molecule has 0 radical (unpaired) electrons. The Bertz CT molecular complexity index is 867. The van der Waals surface area contributed by atoms with Gasteiger partial charge in [0, 0.05) is 17.0 Å². The number of rotatable bonds is 7. The minimum absolute atomic E-state index is 0.0612. The Morgan fingerprint density at radius 1 is 1.14 bits per heavy atom. The lowest BCUT2D eigenvalue weighted by molar-refractivity contribution is -0.120. The van der Waals surface area contributed by atoms with E-state index in [0.29, 0.717) is 17.9 Å². The maximum Gasteiger partial charge on any atom is 0.338 e. The summed E-state index contributed by atoms with van der Waals surface area (Å²) in [5, 5.41) is 5.11. The molecule has 1 aliphatic rings. The van der Waals surface area contributed by atoms with Gasteiger partial charge in [-0.3, -0.25) is 9.59 Å². The van der Waals surface area contributed by atoms with Gasteiger partial charge < -0.3 is 15.4 Å². The van der Waals surface area contributed by atoms with Gasteiger partial charge in [0.25, 0.3) is 0 Å². The number of carbonyl (C=O) groups excluding carboxylic acids is 3. The third-order valence-electron chi connectivity index (χ3n) is 4.21. The van der Waals surface area contributed by atoms with Gasteiger partial charge >= 0.3 is 5.97 Å². The van der Waals surface area contributed by atoms with E-state index in [1.807, 2.05) is 31.2 Å². The van der Waals surface area contributed by atoms with Gasteiger partial charge in [-0.25, -0.2) is 4.79 Å². The standard InChI is InChI=1S/C21H22N2O4S/c1-2-3-12-27-21(26)14-8-10-15(11-9-14)22-19(24)13-18-20(25)23-16-6-4-5-7-17(16)28-18/h4-11,18H,2-3,12-13H2,1H3,(H,22,24)(H,23,25). The SMILES string of the molecule is CCCCOC(=O)c1ccc(NC(=O)CC2Sc3ccccc3NC2=O)cc1. The van der Waals surface area contributed by atoms with Gasteiger partial charge in [0.15, 0.2) is 0 Å². The highest BCUT2D eigenvalue weighted by Gasteiger charge is 2.28. The summed E-state index contributed by atoms with van der Waals surface area (Å²) in [5.41, 5.74) is 1.78. The number of fused-ring (bicyclic) bond motifs is 1. The first-order chi connectivity index (χ1) is 13.6. The average molecular weight is 398 g/mol. The molecule has 0 aliphatic carbocycles. The maximum absolute atomic E-state index is 12.3. The quantitative estimate of drug-likeness (QED) is 0.542. The van der Waals surface area contributed by atoms with E-state index in [9.17, 15) is 14.4 Å². The zero-order valence-corrected chi connectivity index (χ0v) is 16.4. The number of hydrogen-bond donors (Lipinski definition) is 2. The number of hydrogen-bond acceptors (Lipinski definition) is 5. The summed E-state index contributed by atoms with van der Waals surface area (Å²) in [6, 6.07) is 14.0. The monoisotopic (exact) mass is 398 g/mol. The Kier molecular flexibility index (Phi) is 6.71. The second kappa shape index (κ2) is 9.41. The van der Waals surface area contributed by atoms with Crippen LogP contribution >= 0.6 is 11.8 Å². The van der Waals surface area contributed by atoms with Crippen molar-refractivity contribution in [1.29, 1.82) is 0 Å².